The van der Waals surface area contributed by atoms with E-state index in [2.05, 4.69) is 10.5 Å². The number of furan rings is 1. The zero-order chi connectivity index (χ0) is 13.1. The highest BCUT2D eigenvalue weighted by Gasteiger charge is 2.16. The molecule has 0 atom stereocenters. The molecule has 0 radical (unpaired) electrons. The van der Waals surface area contributed by atoms with Crippen LogP contribution in [0, 0.1) is 0 Å². The predicted molar refractivity (Wildman–Crippen MR) is 66.3 cm³/mol. The Bertz CT molecular complexity index is 620. The minimum absolute atomic E-state index is 0.193. The number of para-hydroxylation sites is 1. The lowest BCUT2D eigenvalue weighted by atomic mass is 10.2. The summed E-state index contributed by atoms with van der Waals surface area (Å²) in [6, 6.07) is 8.64. The number of carbonyl (C=O) groups excluding carboxylic acids is 1. The van der Waals surface area contributed by atoms with E-state index in [1.165, 1.54) is 12.5 Å². The third kappa shape index (κ3) is 2.28. The second-order valence-electron chi connectivity index (χ2n) is 3.76. The molecule has 6 heteroatoms. The van der Waals surface area contributed by atoms with Crippen LogP contribution in [0.25, 0.3) is 0 Å². The fraction of sp³-hybridized carbons (Fsp3) is 0.0769. The maximum Gasteiger partial charge on any atom is 0.307 e. The maximum absolute atomic E-state index is 11.6. The molecule has 19 heavy (non-hydrogen) atoms. The fourth-order valence-electron chi connectivity index (χ4n) is 1.68. The van der Waals surface area contributed by atoms with Gasteiger partial charge in [0.2, 0.25) is 6.79 Å². The van der Waals surface area contributed by atoms with Gasteiger partial charge in [-0.1, -0.05) is 6.07 Å². The van der Waals surface area contributed by atoms with E-state index in [0.29, 0.717) is 11.5 Å². The number of rotatable bonds is 3. The third-order valence-electron chi connectivity index (χ3n) is 2.54. The Morgan fingerprint density at radius 2 is 2.21 bits per heavy atom. The Morgan fingerprint density at radius 1 is 1.26 bits per heavy atom. The number of hydrazone groups is 1. The van der Waals surface area contributed by atoms with Gasteiger partial charge in [-0.3, -0.25) is 4.79 Å². The molecular formula is C13H10N2O4. The minimum Gasteiger partial charge on any atom is -0.459 e. The normalized spacial score (nSPS) is 12.8. The van der Waals surface area contributed by atoms with Crippen molar-refractivity contribution in [1.82, 2.24) is 5.43 Å². The van der Waals surface area contributed by atoms with E-state index in [-0.39, 0.29) is 12.6 Å². The molecule has 0 aliphatic carbocycles. The van der Waals surface area contributed by atoms with E-state index in [0.717, 1.165) is 5.56 Å². The lowest BCUT2D eigenvalue weighted by molar-refractivity contribution is 0.0927. The molecule has 6 nitrogen and oxygen atoms in total. The van der Waals surface area contributed by atoms with Crippen LogP contribution in [0.4, 0.5) is 0 Å². The van der Waals surface area contributed by atoms with Crippen LogP contribution >= 0.6 is 0 Å². The van der Waals surface area contributed by atoms with Crippen molar-refractivity contribution in [2.24, 2.45) is 5.10 Å². The predicted octanol–water partition coefficient (Wildman–Crippen LogP) is 1.77. The summed E-state index contributed by atoms with van der Waals surface area (Å²) in [4.78, 5) is 11.6. The molecule has 96 valence electrons. The van der Waals surface area contributed by atoms with Gasteiger partial charge in [-0.2, -0.15) is 5.10 Å². The van der Waals surface area contributed by atoms with E-state index >= 15 is 0 Å². The first-order chi connectivity index (χ1) is 9.34. The average Bonchev–Trinajstić information content (AvgIpc) is 3.10. The molecule has 1 aromatic heterocycles. The number of carbonyl (C=O) groups is 1. The van der Waals surface area contributed by atoms with Crippen LogP contribution in [-0.4, -0.2) is 18.9 Å². The van der Waals surface area contributed by atoms with Crippen LogP contribution in [0.15, 0.2) is 46.1 Å². The van der Waals surface area contributed by atoms with Gasteiger partial charge in [-0.25, -0.2) is 5.43 Å². The van der Waals surface area contributed by atoms with E-state index < -0.39 is 5.91 Å². The highest BCUT2D eigenvalue weighted by Crippen LogP contribution is 2.34. The van der Waals surface area contributed by atoms with Gasteiger partial charge in [0.15, 0.2) is 17.3 Å². The van der Waals surface area contributed by atoms with Crippen molar-refractivity contribution >= 4 is 12.1 Å². The summed E-state index contributed by atoms with van der Waals surface area (Å²) in [5.74, 6) is 1.08. The number of amides is 1. The molecule has 2 heterocycles. The number of hydrogen-bond donors (Lipinski definition) is 1. The summed E-state index contributed by atoms with van der Waals surface area (Å²) in [5, 5.41) is 3.85. The molecule has 1 amide bonds. The van der Waals surface area contributed by atoms with Crippen molar-refractivity contribution in [3.8, 4) is 11.5 Å². The third-order valence-corrected chi connectivity index (χ3v) is 2.54. The molecule has 1 aromatic carbocycles. The van der Waals surface area contributed by atoms with Gasteiger partial charge in [0.1, 0.15) is 0 Å². The lowest BCUT2D eigenvalue weighted by Gasteiger charge is -2.00. The second-order valence-corrected chi connectivity index (χ2v) is 3.76. The molecule has 1 aliphatic rings. The molecule has 3 rings (SSSR count). The van der Waals surface area contributed by atoms with Gasteiger partial charge < -0.3 is 13.9 Å². The minimum atomic E-state index is -0.411. The number of fused-ring (bicyclic) bond motifs is 1. The standard InChI is InChI=1S/C13H10N2O4/c16-13(11-5-2-6-17-11)15-14-7-9-3-1-4-10-12(9)19-8-18-10/h1-7H,8H2,(H,15,16). The number of ether oxygens (including phenoxy) is 2. The van der Waals surface area contributed by atoms with Gasteiger partial charge in [0.25, 0.3) is 0 Å². The molecule has 1 aliphatic heterocycles. The van der Waals surface area contributed by atoms with Crippen molar-refractivity contribution < 1.29 is 18.7 Å². The summed E-state index contributed by atoms with van der Waals surface area (Å²) in [6.07, 6.45) is 2.92. The SMILES string of the molecule is O=C(NN=Cc1cccc2c1OCO2)c1ccco1. The quantitative estimate of drug-likeness (QED) is 0.672. The highest BCUT2D eigenvalue weighted by molar-refractivity contribution is 5.92. The summed E-state index contributed by atoms with van der Waals surface area (Å²) in [7, 11) is 0. The molecule has 0 saturated heterocycles. The Labute approximate surface area is 108 Å². The number of nitrogens with zero attached hydrogens (tertiary/aromatic N) is 1. The van der Waals surface area contributed by atoms with Crippen LogP contribution < -0.4 is 14.9 Å². The van der Waals surface area contributed by atoms with E-state index in [9.17, 15) is 4.79 Å². The van der Waals surface area contributed by atoms with Crippen LogP contribution in [0.5, 0.6) is 11.5 Å². The zero-order valence-corrected chi connectivity index (χ0v) is 9.83. The Morgan fingerprint density at radius 3 is 3.05 bits per heavy atom. The van der Waals surface area contributed by atoms with E-state index in [1.807, 2.05) is 12.1 Å². The fourth-order valence-corrected chi connectivity index (χ4v) is 1.68. The van der Waals surface area contributed by atoms with Crippen LogP contribution in [0.2, 0.25) is 0 Å². The van der Waals surface area contributed by atoms with Crippen molar-refractivity contribution in [3.05, 3.63) is 47.9 Å². The molecule has 2 aromatic rings. The summed E-state index contributed by atoms with van der Waals surface area (Å²) < 4.78 is 15.5. The van der Waals surface area contributed by atoms with Gasteiger partial charge >= 0.3 is 5.91 Å². The first kappa shape index (κ1) is 11.3. The van der Waals surface area contributed by atoms with Crippen molar-refractivity contribution in [2.45, 2.75) is 0 Å². The molecule has 0 fully saturated rings. The monoisotopic (exact) mass is 258 g/mol. The highest BCUT2D eigenvalue weighted by atomic mass is 16.7. The van der Waals surface area contributed by atoms with Crippen LogP contribution in [0.1, 0.15) is 16.1 Å². The Hall–Kier alpha value is -2.76. The van der Waals surface area contributed by atoms with Gasteiger partial charge in [-0.15, -0.1) is 0 Å². The second kappa shape index (κ2) is 4.85. The number of hydrogen-bond acceptors (Lipinski definition) is 5. The zero-order valence-electron chi connectivity index (χ0n) is 9.83. The molecule has 0 spiro atoms. The first-order valence-electron chi connectivity index (χ1n) is 5.60. The molecule has 0 bridgehead atoms. The smallest absolute Gasteiger partial charge is 0.307 e. The Balaban J connectivity index is 1.70. The summed E-state index contributed by atoms with van der Waals surface area (Å²) >= 11 is 0. The Kier molecular flexibility index (Phi) is 2.89. The van der Waals surface area contributed by atoms with Crippen LogP contribution in [0.3, 0.4) is 0 Å². The van der Waals surface area contributed by atoms with Gasteiger partial charge in [-0.05, 0) is 24.3 Å². The lowest BCUT2D eigenvalue weighted by Crippen LogP contribution is -2.16. The largest absolute Gasteiger partial charge is 0.459 e. The molecule has 1 N–H and O–H groups in total. The van der Waals surface area contributed by atoms with Crippen molar-refractivity contribution in [2.75, 3.05) is 6.79 Å². The summed E-state index contributed by atoms with van der Waals surface area (Å²) in [6.45, 7) is 0.193. The number of nitrogens with one attached hydrogen (secondary N) is 1. The van der Waals surface area contributed by atoms with Crippen LogP contribution in [-0.2, 0) is 0 Å². The maximum atomic E-state index is 11.6. The average molecular weight is 258 g/mol. The van der Waals surface area contributed by atoms with E-state index in [4.69, 9.17) is 13.9 Å². The topological polar surface area (TPSA) is 73.1 Å². The van der Waals surface area contributed by atoms with Crippen molar-refractivity contribution in [1.29, 1.82) is 0 Å². The molecular weight excluding hydrogens is 248 g/mol. The van der Waals surface area contributed by atoms with Gasteiger partial charge in [0.05, 0.1) is 12.5 Å². The number of benzene rings is 1. The molecule has 0 saturated carbocycles. The van der Waals surface area contributed by atoms with Gasteiger partial charge in [0, 0.05) is 5.56 Å². The van der Waals surface area contributed by atoms with E-state index in [1.54, 1.807) is 18.2 Å². The molecule has 0 unspecified atom stereocenters. The van der Waals surface area contributed by atoms with Crippen molar-refractivity contribution in [3.63, 3.8) is 0 Å². The first-order valence-corrected chi connectivity index (χ1v) is 5.60. The summed E-state index contributed by atoms with van der Waals surface area (Å²) in [5.41, 5.74) is 3.10.